The first-order chi connectivity index (χ1) is 8.02. The fourth-order valence-corrected chi connectivity index (χ4v) is 4.86. The minimum absolute atomic E-state index is 0.469. The van der Waals surface area contributed by atoms with E-state index in [0.29, 0.717) is 0 Å². The molecule has 0 saturated carbocycles. The van der Waals surface area contributed by atoms with Crippen LogP contribution in [0.1, 0.15) is 0 Å². The van der Waals surface area contributed by atoms with E-state index in [1.165, 1.54) is 0 Å². The molecule has 2 unspecified atom stereocenters. The van der Waals surface area contributed by atoms with E-state index in [2.05, 4.69) is 4.31 Å². The Bertz CT molecular complexity index is 387. The topological polar surface area (TPSA) is 146 Å². The molecule has 9 nitrogen and oxygen atoms in total. The molecule has 13 heteroatoms. The van der Waals surface area contributed by atoms with Gasteiger partial charge < -0.3 is 0 Å². The predicted molar refractivity (Wildman–Crippen MR) is 60.4 cm³/mol. The van der Waals surface area contributed by atoms with Gasteiger partial charge in [-0.2, -0.15) is 0 Å². The van der Waals surface area contributed by atoms with Crippen molar-refractivity contribution >= 4 is 37.0 Å². The van der Waals surface area contributed by atoms with Crippen molar-refractivity contribution in [2.24, 2.45) is 0 Å². The van der Waals surface area contributed by atoms with Crippen molar-refractivity contribution in [1.82, 2.24) is 0 Å². The molecule has 18 heavy (non-hydrogen) atoms. The third kappa shape index (κ3) is 5.13. The Kier molecular flexibility index (Phi) is 5.79. The maximum atomic E-state index is 10.5. The number of hydrogen-bond donors (Lipinski definition) is 5. The van der Waals surface area contributed by atoms with Crippen molar-refractivity contribution in [3.8, 4) is 0 Å². The van der Waals surface area contributed by atoms with E-state index in [9.17, 15) is 19.7 Å². The third-order valence-corrected chi connectivity index (χ3v) is 6.08. The fraction of sp³-hybridized carbons (Fsp3) is 1.00. The molecule has 0 aliphatic carbocycles. The third-order valence-electron chi connectivity index (χ3n) is 2.01. The summed E-state index contributed by atoms with van der Waals surface area (Å²) < 4.78 is 24.1. The molecule has 5 atom stereocenters. The molecule has 1 heterocycles. The van der Waals surface area contributed by atoms with Crippen LogP contribution >= 0.6 is 14.0 Å². The van der Waals surface area contributed by atoms with Crippen LogP contribution in [-0.4, -0.2) is 78.8 Å². The summed E-state index contributed by atoms with van der Waals surface area (Å²) in [6, 6.07) is -1.11. The molecule has 0 bridgehead atoms. The van der Waals surface area contributed by atoms with Gasteiger partial charge in [0.15, 0.2) is 0 Å². The van der Waals surface area contributed by atoms with Gasteiger partial charge in [0.2, 0.25) is 0 Å². The zero-order valence-electron chi connectivity index (χ0n) is 8.77. The summed E-state index contributed by atoms with van der Waals surface area (Å²) in [7, 11) is 0.373. The van der Waals surface area contributed by atoms with Gasteiger partial charge in [0, 0.05) is 0 Å². The van der Waals surface area contributed by atoms with Gasteiger partial charge in [0.05, 0.1) is 0 Å². The van der Waals surface area contributed by atoms with Crippen LogP contribution in [0, 0.1) is 0 Å². The van der Waals surface area contributed by atoms with E-state index in [1.807, 2.05) is 15.1 Å². The summed E-state index contributed by atoms with van der Waals surface area (Å²) in [5.74, 6) is 0. The molecule has 1 fully saturated rings. The number of rotatable bonds is 5. The quantitative estimate of drug-likeness (QED) is 0.264. The van der Waals surface area contributed by atoms with Crippen molar-refractivity contribution < 1.29 is 43.0 Å². The minimum atomic E-state index is -4.92. The summed E-state index contributed by atoms with van der Waals surface area (Å²) in [6.45, 7) is -0.469. The van der Waals surface area contributed by atoms with Crippen LogP contribution < -0.4 is 0 Å². The predicted octanol–water partition coefficient (Wildman–Crippen LogP) is -2.43. The van der Waals surface area contributed by atoms with Gasteiger partial charge in [-0.25, -0.2) is 0 Å². The van der Waals surface area contributed by atoms with Gasteiger partial charge in [-0.1, -0.05) is 0 Å². The van der Waals surface area contributed by atoms with Crippen LogP contribution in [0.4, 0.5) is 0 Å². The second-order valence-electron chi connectivity index (χ2n) is 3.46. The molecule has 0 aromatic heterocycles. The Morgan fingerprint density at radius 1 is 1.28 bits per heavy atom. The molecule has 5 N–H and O–H groups in total. The summed E-state index contributed by atoms with van der Waals surface area (Å²) in [5, 5.41) is 18.7. The van der Waals surface area contributed by atoms with Crippen LogP contribution in [0.15, 0.2) is 0 Å². The zero-order chi connectivity index (χ0) is 14.1. The van der Waals surface area contributed by atoms with Crippen LogP contribution in [0.2, 0.25) is 0 Å². The molecule has 0 amide bonds. The number of hydrogen-bond acceptors (Lipinski definition) is 7. The zero-order valence-corrected chi connectivity index (χ0v) is 12.3. The second kappa shape index (κ2) is 6.14. The molecular formula is C5H11BO9P2Se. The van der Waals surface area contributed by atoms with E-state index >= 15 is 0 Å². The maximum absolute atomic E-state index is 10.5. The normalized spacial score (nSPS) is 36.5. The Morgan fingerprint density at radius 3 is 2.22 bits per heavy atom. The van der Waals surface area contributed by atoms with Crippen molar-refractivity contribution in [2.45, 2.75) is 24.3 Å². The summed E-state index contributed by atoms with van der Waals surface area (Å²) in [4.78, 5) is 26.4. The number of aliphatic hydroxyl groups excluding tert-OH is 2. The van der Waals surface area contributed by atoms with Gasteiger partial charge in [0.1, 0.15) is 0 Å². The van der Waals surface area contributed by atoms with Gasteiger partial charge in [-0.15, -0.1) is 0 Å². The first-order valence-electron chi connectivity index (χ1n) is 4.53. The average molecular weight is 367 g/mol. The fourth-order valence-electron chi connectivity index (χ4n) is 1.24. The van der Waals surface area contributed by atoms with Crippen LogP contribution in [0.5, 0.6) is 0 Å². The molecule has 0 aromatic rings. The SMILES string of the molecule is [B][C@@H]1OC(COP(O)(=[Se])OP(=O)(O)O)[C@@H](O)[C@H]1O. The van der Waals surface area contributed by atoms with E-state index in [4.69, 9.17) is 26.9 Å². The van der Waals surface area contributed by atoms with Crippen LogP contribution in [0.3, 0.4) is 0 Å². The van der Waals surface area contributed by atoms with Gasteiger partial charge in [-0.05, 0) is 0 Å². The van der Waals surface area contributed by atoms with E-state index in [-0.39, 0.29) is 0 Å². The summed E-state index contributed by atoms with van der Waals surface area (Å²) in [6.07, 6.45) is -7.58. The molecule has 0 aromatic carbocycles. The van der Waals surface area contributed by atoms with Crippen molar-refractivity contribution in [2.75, 3.05) is 6.61 Å². The molecule has 1 saturated heterocycles. The molecule has 2 radical (unpaired) electrons. The molecular weight excluding hydrogens is 356 g/mol. The molecule has 1 aliphatic heterocycles. The summed E-state index contributed by atoms with van der Waals surface area (Å²) in [5.41, 5.74) is 0. The first-order valence-corrected chi connectivity index (χ1v) is 9.85. The van der Waals surface area contributed by atoms with Gasteiger partial charge >= 0.3 is 111 Å². The number of phosphoric acid groups is 1. The van der Waals surface area contributed by atoms with E-state index in [0.717, 1.165) is 0 Å². The van der Waals surface area contributed by atoms with Gasteiger partial charge in [-0.3, -0.25) is 0 Å². The Balaban J connectivity index is 2.51. The number of ether oxygens (including phenoxy) is 1. The summed E-state index contributed by atoms with van der Waals surface area (Å²) >= 11 is 1.97. The van der Waals surface area contributed by atoms with Gasteiger partial charge in [0.25, 0.3) is 0 Å². The average Bonchev–Trinajstić information content (AvgIpc) is 2.39. The van der Waals surface area contributed by atoms with Crippen LogP contribution in [0.25, 0.3) is 0 Å². The van der Waals surface area contributed by atoms with Crippen molar-refractivity contribution in [1.29, 1.82) is 0 Å². The molecule has 0 spiro atoms. The van der Waals surface area contributed by atoms with E-state index < -0.39 is 44.9 Å². The Hall–Kier alpha value is 0.924. The van der Waals surface area contributed by atoms with Crippen molar-refractivity contribution in [3.05, 3.63) is 0 Å². The van der Waals surface area contributed by atoms with E-state index in [1.54, 1.807) is 0 Å². The van der Waals surface area contributed by atoms with Crippen LogP contribution in [-0.2, 0) is 18.1 Å². The molecule has 104 valence electrons. The monoisotopic (exact) mass is 368 g/mol. The Morgan fingerprint density at radius 2 is 1.83 bits per heavy atom. The van der Waals surface area contributed by atoms with Crippen molar-refractivity contribution in [3.63, 3.8) is 0 Å². The second-order valence-corrected chi connectivity index (χ2v) is 9.19. The standard InChI is InChI=1S/C5H11BO9P2Se/c6-5-4(8)3(7)2(14-5)1-13-17(12,18)15-16(9,10)11/h2-5,7-8H,1H2,(H,12,18)(H2,9,10,11)/t2?,3-,4-,5-,17?/m1/s1. The molecule has 1 rings (SSSR count). The number of aliphatic hydroxyl groups is 2. The molecule has 1 aliphatic rings. The first kappa shape index (κ1) is 17.0. The Labute approximate surface area is 111 Å².